The summed E-state index contributed by atoms with van der Waals surface area (Å²) in [4.78, 5) is 23.0. The third-order valence-electron chi connectivity index (χ3n) is 2.21. The summed E-state index contributed by atoms with van der Waals surface area (Å²) in [5.41, 5.74) is 7.34. The number of nitrogens with zero attached hydrogens (tertiary/aromatic N) is 1. The Bertz CT molecular complexity index is 644. The third kappa shape index (κ3) is 4.10. The van der Waals surface area contributed by atoms with E-state index in [1.54, 1.807) is 12.1 Å². The van der Waals surface area contributed by atoms with Gasteiger partial charge in [0, 0.05) is 0 Å². The van der Waals surface area contributed by atoms with Gasteiger partial charge in [-0.25, -0.2) is 5.43 Å². The third-order valence-corrected chi connectivity index (χ3v) is 2.21. The standard InChI is InChI=1S/C13H12N4O4/c1-9(15-17-13(19)11-5-3-7-21-11)8-14-16-12(18)10-4-2-6-20-10/h2-8,15H,1H2,(H,16,18)(H,17,19)/b14-8-. The van der Waals surface area contributed by atoms with Crippen molar-refractivity contribution in [2.75, 3.05) is 0 Å². The zero-order valence-corrected chi connectivity index (χ0v) is 10.8. The molecule has 0 atom stereocenters. The predicted octanol–water partition coefficient (Wildman–Crippen LogP) is 1.04. The monoisotopic (exact) mass is 288 g/mol. The molecular formula is C13H12N4O4. The van der Waals surface area contributed by atoms with E-state index in [-0.39, 0.29) is 17.2 Å². The van der Waals surface area contributed by atoms with E-state index in [0.717, 1.165) is 0 Å². The van der Waals surface area contributed by atoms with Crippen LogP contribution in [0.2, 0.25) is 0 Å². The highest BCUT2D eigenvalue weighted by molar-refractivity contribution is 5.93. The average molecular weight is 288 g/mol. The fraction of sp³-hybridized carbons (Fsp3) is 0. The normalized spacial score (nSPS) is 10.3. The first-order valence-corrected chi connectivity index (χ1v) is 5.82. The molecule has 0 aromatic carbocycles. The van der Waals surface area contributed by atoms with Crippen LogP contribution in [-0.4, -0.2) is 18.0 Å². The van der Waals surface area contributed by atoms with Crippen LogP contribution in [0, 0.1) is 0 Å². The van der Waals surface area contributed by atoms with Gasteiger partial charge in [-0.3, -0.25) is 20.4 Å². The SMILES string of the molecule is C=C(/C=N\NC(=O)c1ccco1)NNC(=O)c1ccco1. The molecule has 0 aliphatic rings. The fourth-order valence-corrected chi connectivity index (χ4v) is 1.27. The molecule has 0 spiro atoms. The maximum atomic E-state index is 11.5. The second-order valence-corrected chi connectivity index (χ2v) is 3.76. The highest BCUT2D eigenvalue weighted by Gasteiger charge is 2.07. The van der Waals surface area contributed by atoms with Gasteiger partial charge in [-0.15, -0.1) is 0 Å². The van der Waals surface area contributed by atoms with Crippen molar-refractivity contribution >= 4 is 18.0 Å². The Hall–Kier alpha value is -3.29. The lowest BCUT2D eigenvalue weighted by Crippen LogP contribution is -2.36. The Kier molecular flexibility index (Phi) is 4.54. The number of rotatable bonds is 6. The summed E-state index contributed by atoms with van der Waals surface area (Å²) in [6.07, 6.45) is 3.99. The fourth-order valence-electron chi connectivity index (χ4n) is 1.27. The van der Waals surface area contributed by atoms with Gasteiger partial charge >= 0.3 is 11.8 Å². The molecule has 2 rings (SSSR count). The zero-order chi connectivity index (χ0) is 15.1. The molecule has 3 N–H and O–H groups in total. The topological polar surface area (TPSA) is 109 Å². The molecule has 0 bridgehead atoms. The number of amides is 2. The van der Waals surface area contributed by atoms with Crippen molar-refractivity contribution in [1.82, 2.24) is 16.3 Å². The largest absolute Gasteiger partial charge is 0.459 e. The smallest absolute Gasteiger partial charge is 0.307 e. The van der Waals surface area contributed by atoms with Crippen LogP contribution in [0.25, 0.3) is 0 Å². The minimum Gasteiger partial charge on any atom is -0.459 e. The summed E-state index contributed by atoms with van der Waals surface area (Å²) in [5, 5.41) is 3.65. The van der Waals surface area contributed by atoms with Crippen LogP contribution in [-0.2, 0) is 0 Å². The molecule has 0 aliphatic carbocycles. The number of hydrogen-bond donors (Lipinski definition) is 3. The maximum absolute atomic E-state index is 11.5. The molecule has 0 radical (unpaired) electrons. The number of hydrazine groups is 1. The molecule has 2 heterocycles. The molecule has 2 aromatic heterocycles. The van der Waals surface area contributed by atoms with Crippen molar-refractivity contribution < 1.29 is 18.4 Å². The minimum absolute atomic E-state index is 0.136. The second-order valence-electron chi connectivity index (χ2n) is 3.76. The molecular weight excluding hydrogens is 276 g/mol. The van der Waals surface area contributed by atoms with Gasteiger partial charge in [-0.05, 0) is 24.3 Å². The molecule has 108 valence electrons. The lowest BCUT2D eigenvalue weighted by Gasteiger charge is -2.05. The zero-order valence-electron chi connectivity index (χ0n) is 10.8. The molecule has 8 nitrogen and oxygen atoms in total. The number of allylic oxidation sites excluding steroid dienone is 1. The van der Waals surface area contributed by atoms with E-state index >= 15 is 0 Å². The highest BCUT2D eigenvalue weighted by Crippen LogP contribution is 1.99. The Morgan fingerprint density at radius 3 is 2.24 bits per heavy atom. The van der Waals surface area contributed by atoms with Gasteiger partial charge in [0.1, 0.15) is 0 Å². The number of hydrogen-bond acceptors (Lipinski definition) is 6. The number of nitrogens with one attached hydrogen (secondary N) is 3. The Morgan fingerprint density at radius 1 is 1.05 bits per heavy atom. The highest BCUT2D eigenvalue weighted by atomic mass is 16.3. The van der Waals surface area contributed by atoms with E-state index in [0.29, 0.717) is 0 Å². The Balaban J connectivity index is 1.73. The van der Waals surface area contributed by atoms with Gasteiger partial charge in [-0.1, -0.05) is 6.58 Å². The molecule has 0 saturated carbocycles. The van der Waals surface area contributed by atoms with Crippen LogP contribution in [0.4, 0.5) is 0 Å². The summed E-state index contributed by atoms with van der Waals surface area (Å²) in [6.45, 7) is 3.59. The van der Waals surface area contributed by atoms with E-state index in [9.17, 15) is 9.59 Å². The maximum Gasteiger partial charge on any atom is 0.307 e. The Morgan fingerprint density at radius 2 is 1.67 bits per heavy atom. The van der Waals surface area contributed by atoms with Gasteiger partial charge in [0.2, 0.25) is 0 Å². The van der Waals surface area contributed by atoms with Crippen molar-refractivity contribution in [1.29, 1.82) is 0 Å². The molecule has 2 amide bonds. The first kappa shape index (κ1) is 14.1. The second kappa shape index (κ2) is 6.75. The first-order valence-electron chi connectivity index (χ1n) is 5.82. The molecule has 8 heteroatoms. The number of carbonyl (C=O) groups excluding carboxylic acids is 2. The van der Waals surface area contributed by atoms with Crippen LogP contribution in [0.5, 0.6) is 0 Å². The van der Waals surface area contributed by atoms with Crippen molar-refractivity contribution in [2.45, 2.75) is 0 Å². The van der Waals surface area contributed by atoms with Gasteiger partial charge in [0.15, 0.2) is 11.5 Å². The summed E-state index contributed by atoms with van der Waals surface area (Å²) in [7, 11) is 0. The summed E-state index contributed by atoms with van der Waals surface area (Å²) in [6, 6.07) is 6.19. The van der Waals surface area contributed by atoms with E-state index in [1.807, 2.05) is 0 Å². The van der Waals surface area contributed by atoms with E-state index in [2.05, 4.69) is 28.0 Å². The van der Waals surface area contributed by atoms with E-state index in [4.69, 9.17) is 8.83 Å². The van der Waals surface area contributed by atoms with Gasteiger partial charge in [-0.2, -0.15) is 5.10 Å². The van der Waals surface area contributed by atoms with Crippen LogP contribution in [0.3, 0.4) is 0 Å². The first-order chi connectivity index (χ1) is 10.2. The molecule has 0 aliphatic heterocycles. The summed E-state index contributed by atoms with van der Waals surface area (Å²) < 4.78 is 9.78. The van der Waals surface area contributed by atoms with Crippen molar-refractivity contribution in [3.8, 4) is 0 Å². The van der Waals surface area contributed by atoms with Crippen LogP contribution < -0.4 is 16.3 Å². The summed E-state index contributed by atoms with van der Waals surface area (Å²) in [5.74, 6) is -0.673. The van der Waals surface area contributed by atoms with Gasteiger partial charge in [0.25, 0.3) is 0 Å². The average Bonchev–Trinajstić information content (AvgIpc) is 3.16. The summed E-state index contributed by atoms with van der Waals surface area (Å²) >= 11 is 0. The van der Waals surface area contributed by atoms with Crippen molar-refractivity contribution in [3.05, 3.63) is 60.6 Å². The molecule has 2 aromatic rings. The van der Waals surface area contributed by atoms with Crippen molar-refractivity contribution in [2.24, 2.45) is 5.10 Å². The Labute approximate surface area is 119 Å². The lowest BCUT2D eigenvalue weighted by molar-refractivity contribution is 0.0908. The van der Waals surface area contributed by atoms with Crippen LogP contribution in [0.1, 0.15) is 21.1 Å². The van der Waals surface area contributed by atoms with E-state index in [1.165, 1.54) is 30.9 Å². The van der Waals surface area contributed by atoms with Crippen LogP contribution in [0.15, 0.2) is 63.0 Å². The number of furan rings is 2. The molecule has 21 heavy (non-hydrogen) atoms. The molecule has 0 unspecified atom stereocenters. The quantitative estimate of drug-likeness (QED) is 0.543. The minimum atomic E-state index is -0.497. The number of carbonyl (C=O) groups is 2. The lowest BCUT2D eigenvalue weighted by atomic mass is 10.4. The molecule has 0 saturated heterocycles. The van der Waals surface area contributed by atoms with Gasteiger partial charge < -0.3 is 8.83 Å². The molecule has 0 fully saturated rings. The number of hydrazone groups is 1. The van der Waals surface area contributed by atoms with E-state index < -0.39 is 11.8 Å². The van der Waals surface area contributed by atoms with Crippen molar-refractivity contribution in [3.63, 3.8) is 0 Å². The van der Waals surface area contributed by atoms with Gasteiger partial charge in [0.05, 0.1) is 24.4 Å². The predicted molar refractivity (Wildman–Crippen MR) is 73.1 cm³/mol. The van der Waals surface area contributed by atoms with Crippen LogP contribution >= 0.6 is 0 Å².